The second-order valence-corrected chi connectivity index (χ2v) is 7.95. The van der Waals surface area contributed by atoms with E-state index in [0.29, 0.717) is 6.54 Å². The van der Waals surface area contributed by atoms with E-state index in [2.05, 4.69) is 21.0 Å². The maximum absolute atomic E-state index is 12.6. The molecule has 0 aliphatic heterocycles. The number of aromatic nitrogens is 2. The van der Waals surface area contributed by atoms with E-state index in [1.54, 1.807) is 36.0 Å². The first kappa shape index (κ1) is 16.2. The van der Waals surface area contributed by atoms with Gasteiger partial charge in [0.25, 0.3) is 0 Å². The van der Waals surface area contributed by atoms with Crippen molar-refractivity contribution in [1.29, 1.82) is 0 Å². The van der Waals surface area contributed by atoms with Crippen molar-refractivity contribution in [2.75, 3.05) is 7.05 Å². The summed E-state index contributed by atoms with van der Waals surface area (Å²) in [7, 11) is -0.0600. The second kappa shape index (κ2) is 5.90. The number of rotatable bonds is 4. The van der Waals surface area contributed by atoms with Crippen molar-refractivity contribution in [3.63, 3.8) is 0 Å². The van der Waals surface area contributed by atoms with Gasteiger partial charge in [0.1, 0.15) is 0 Å². The Kier molecular flexibility index (Phi) is 4.55. The van der Waals surface area contributed by atoms with Crippen LogP contribution in [-0.2, 0) is 23.6 Å². The van der Waals surface area contributed by atoms with Crippen molar-refractivity contribution >= 4 is 26.0 Å². The van der Waals surface area contributed by atoms with Gasteiger partial charge in [0.05, 0.1) is 10.6 Å². The predicted octanol–water partition coefficient (Wildman–Crippen LogP) is 2.62. The summed E-state index contributed by atoms with van der Waals surface area (Å²) in [6, 6.07) is 6.64. The number of nitrogens with zero attached hydrogens (tertiary/aromatic N) is 3. The number of hydrogen-bond donors (Lipinski definition) is 0. The highest BCUT2D eigenvalue weighted by Gasteiger charge is 2.23. The summed E-state index contributed by atoms with van der Waals surface area (Å²) in [5.74, 6) is 0. The molecule has 1 aromatic heterocycles. The zero-order valence-electron chi connectivity index (χ0n) is 12.5. The van der Waals surface area contributed by atoms with Crippen LogP contribution in [-0.4, -0.2) is 29.6 Å². The van der Waals surface area contributed by atoms with E-state index in [1.165, 1.54) is 4.31 Å². The number of halogens is 1. The van der Waals surface area contributed by atoms with Gasteiger partial charge in [0.15, 0.2) is 0 Å². The molecule has 0 spiro atoms. The molecular weight excluding hydrogens is 354 g/mol. The van der Waals surface area contributed by atoms with E-state index in [4.69, 9.17) is 0 Å². The molecule has 0 aliphatic carbocycles. The summed E-state index contributed by atoms with van der Waals surface area (Å²) in [5.41, 5.74) is 2.78. The SMILES string of the molecule is Cc1nn(C)c(C)c1CN(C)S(=O)(=O)c1ccc(Br)cc1. The van der Waals surface area contributed by atoms with E-state index in [9.17, 15) is 8.42 Å². The lowest BCUT2D eigenvalue weighted by Gasteiger charge is -2.17. The standard InChI is InChI=1S/C14H18BrN3O2S/c1-10-14(11(2)18(4)16-10)9-17(3)21(19,20)13-7-5-12(15)6-8-13/h5-8H,9H2,1-4H3. The maximum atomic E-state index is 12.6. The first-order chi connectivity index (χ1) is 9.73. The molecule has 1 heterocycles. The van der Waals surface area contributed by atoms with Crippen LogP contribution in [0.5, 0.6) is 0 Å². The normalized spacial score (nSPS) is 12.1. The molecular formula is C14H18BrN3O2S. The molecule has 7 heteroatoms. The fourth-order valence-corrected chi connectivity index (χ4v) is 3.54. The van der Waals surface area contributed by atoms with E-state index in [-0.39, 0.29) is 4.90 Å². The van der Waals surface area contributed by atoms with Crippen molar-refractivity contribution in [3.8, 4) is 0 Å². The van der Waals surface area contributed by atoms with E-state index in [1.807, 2.05) is 20.9 Å². The summed E-state index contributed by atoms with van der Waals surface area (Å²) < 4.78 is 29.1. The maximum Gasteiger partial charge on any atom is 0.243 e. The summed E-state index contributed by atoms with van der Waals surface area (Å²) in [5, 5.41) is 4.32. The first-order valence-corrected chi connectivity index (χ1v) is 8.67. The fourth-order valence-electron chi connectivity index (χ4n) is 2.14. The third-order valence-corrected chi connectivity index (χ3v) is 5.91. The molecule has 0 unspecified atom stereocenters. The highest BCUT2D eigenvalue weighted by molar-refractivity contribution is 9.10. The van der Waals surface area contributed by atoms with Gasteiger partial charge < -0.3 is 0 Å². The molecule has 0 amide bonds. The molecule has 114 valence electrons. The van der Waals surface area contributed by atoms with Crippen LogP contribution < -0.4 is 0 Å². The molecule has 21 heavy (non-hydrogen) atoms. The Labute approximate surface area is 133 Å². The van der Waals surface area contributed by atoms with Crippen LogP contribution in [0.1, 0.15) is 17.0 Å². The Hall–Kier alpha value is -1.18. The van der Waals surface area contributed by atoms with Gasteiger partial charge in [-0.15, -0.1) is 0 Å². The van der Waals surface area contributed by atoms with Crippen LogP contribution in [0.25, 0.3) is 0 Å². The Morgan fingerprint density at radius 2 is 1.81 bits per heavy atom. The van der Waals surface area contributed by atoms with E-state index >= 15 is 0 Å². The fraction of sp³-hybridized carbons (Fsp3) is 0.357. The van der Waals surface area contributed by atoms with Crippen LogP contribution in [0.15, 0.2) is 33.6 Å². The van der Waals surface area contributed by atoms with Crippen molar-refractivity contribution in [1.82, 2.24) is 14.1 Å². The average Bonchev–Trinajstić information content (AvgIpc) is 2.65. The predicted molar refractivity (Wildman–Crippen MR) is 85.5 cm³/mol. The average molecular weight is 372 g/mol. The van der Waals surface area contributed by atoms with Gasteiger partial charge in [-0.3, -0.25) is 4.68 Å². The quantitative estimate of drug-likeness (QED) is 0.829. The van der Waals surface area contributed by atoms with Gasteiger partial charge in [-0.2, -0.15) is 9.40 Å². The minimum atomic E-state index is -3.50. The van der Waals surface area contributed by atoms with E-state index < -0.39 is 10.0 Å². The molecule has 0 saturated heterocycles. The van der Waals surface area contributed by atoms with Crippen LogP contribution in [0.4, 0.5) is 0 Å². The summed E-state index contributed by atoms with van der Waals surface area (Å²) in [4.78, 5) is 0.285. The highest BCUT2D eigenvalue weighted by Crippen LogP contribution is 2.21. The molecule has 0 saturated carbocycles. The minimum absolute atomic E-state index is 0.285. The monoisotopic (exact) mass is 371 g/mol. The van der Waals surface area contributed by atoms with Crippen LogP contribution >= 0.6 is 15.9 Å². The zero-order chi connectivity index (χ0) is 15.8. The number of hydrogen-bond acceptors (Lipinski definition) is 3. The zero-order valence-corrected chi connectivity index (χ0v) is 14.9. The molecule has 0 N–H and O–H groups in total. The summed E-state index contributed by atoms with van der Waals surface area (Å²) in [6.45, 7) is 4.14. The number of sulfonamides is 1. The van der Waals surface area contributed by atoms with Crippen molar-refractivity contribution in [3.05, 3.63) is 45.7 Å². The lowest BCUT2D eigenvalue weighted by atomic mass is 10.2. The van der Waals surface area contributed by atoms with Gasteiger partial charge in [0.2, 0.25) is 10.0 Å². The molecule has 2 aromatic rings. The summed E-state index contributed by atoms with van der Waals surface area (Å²) >= 11 is 3.31. The van der Waals surface area contributed by atoms with Gasteiger partial charge in [-0.1, -0.05) is 15.9 Å². The second-order valence-electron chi connectivity index (χ2n) is 4.99. The van der Waals surface area contributed by atoms with Gasteiger partial charge in [0, 0.05) is 36.4 Å². The van der Waals surface area contributed by atoms with Crippen LogP contribution in [0, 0.1) is 13.8 Å². The van der Waals surface area contributed by atoms with Crippen molar-refractivity contribution < 1.29 is 8.42 Å². The molecule has 5 nitrogen and oxygen atoms in total. The van der Waals surface area contributed by atoms with Gasteiger partial charge in [-0.25, -0.2) is 8.42 Å². The first-order valence-electron chi connectivity index (χ1n) is 6.44. The molecule has 0 fully saturated rings. The lowest BCUT2D eigenvalue weighted by Crippen LogP contribution is -2.27. The third kappa shape index (κ3) is 3.20. The molecule has 2 rings (SSSR count). The Morgan fingerprint density at radius 3 is 2.29 bits per heavy atom. The minimum Gasteiger partial charge on any atom is -0.272 e. The van der Waals surface area contributed by atoms with E-state index in [0.717, 1.165) is 21.4 Å². The van der Waals surface area contributed by atoms with Gasteiger partial charge >= 0.3 is 0 Å². The lowest BCUT2D eigenvalue weighted by molar-refractivity contribution is 0.465. The smallest absolute Gasteiger partial charge is 0.243 e. The molecule has 0 aliphatic rings. The Morgan fingerprint density at radius 1 is 1.24 bits per heavy atom. The number of aryl methyl sites for hydroxylation is 2. The van der Waals surface area contributed by atoms with Crippen LogP contribution in [0.2, 0.25) is 0 Å². The molecule has 0 bridgehead atoms. The van der Waals surface area contributed by atoms with Gasteiger partial charge in [-0.05, 0) is 38.1 Å². The topological polar surface area (TPSA) is 55.2 Å². The Balaban J connectivity index is 2.30. The highest BCUT2D eigenvalue weighted by atomic mass is 79.9. The summed E-state index contributed by atoms with van der Waals surface area (Å²) in [6.07, 6.45) is 0. The molecule has 0 radical (unpaired) electrons. The van der Waals surface area contributed by atoms with Crippen molar-refractivity contribution in [2.45, 2.75) is 25.3 Å². The molecule has 0 atom stereocenters. The largest absolute Gasteiger partial charge is 0.272 e. The third-order valence-electron chi connectivity index (χ3n) is 3.56. The Bertz CT molecular complexity index is 751. The van der Waals surface area contributed by atoms with Crippen molar-refractivity contribution in [2.24, 2.45) is 7.05 Å². The van der Waals surface area contributed by atoms with Crippen LogP contribution in [0.3, 0.4) is 0 Å². The number of benzene rings is 1. The molecule has 1 aromatic carbocycles.